The number of ether oxygens (including phenoxy) is 1. The van der Waals surface area contributed by atoms with Crippen LogP contribution in [0.25, 0.3) is 10.4 Å². The maximum atomic E-state index is 11.9. The number of carbonyl (C=O) groups excluding carboxylic acids is 1. The number of thiophene rings is 1. The highest BCUT2D eigenvalue weighted by Gasteiger charge is 2.14. The highest BCUT2D eigenvalue weighted by molar-refractivity contribution is 7.13. The van der Waals surface area contributed by atoms with Crippen molar-refractivity contribution >= 4 is 22.9 Å². The van der Waals surface area contributed by atoms with Crippen LogP contribution < -0.4 is 4.74 Å². The second-order valence-corrected chi connectivity index (χ2v) is 7.05. The van der Waals surface area contributed by atoms with E-state index in [9.17, 15) is 14.9 Å². The summed E-state index contributed by atoms with van der Waals surface area (Å²) in [6.45, 7) is 0.298. The number of amides is 1. The molecule has 0 radical (unpaired) electrons. The van der Waals surface area contributed by atoms with Gasteiger partial charge in [-0.25, -0.2) is 0 Å². The number of non-ortho nitro benzene ring substituents is 1. The summed E-state index contributed by atoms with van der Waals surface area (Å²) in [5, 5.41) is 13.0. The Morgan fingerprint density at radius 3 is 2.48 bits per heavy atom. The summed E-state index contributed by atoms with van der Waals surface area (Å²) >= 11 is 1.50. The van der Waals surface area contributed by atoms with E-state index in [2.05, 4.69) is 0 Å². The SMILES string of the molecule is CN(C)C(=O)c1ccc(COc2ccc([N+](=O)[O-])cc2-c2cccs2)cc1. The minimum Gasteiger partial charge on any atom is -0.488 e. The van der Waals surface area contributed by atoms with E-state index in [0.29, 0.717) is 23.5 Å². The highest BCUT2D eigenvalue weighted by atomic mass is 32.1. The van der Waals surface area contributed by atoms with E-state index in [1.807, 2.05) is 29.6 Å². The van der Waals surface area contributed by atoms with Crippen molar-refractivity contribution in [3.05, 3.63) is 81.2 Å². The van der Waals surface area contributed by atoms with Gasteiger partial charge in [0.2, 0.25) is 0 Å². The first-order valence-corrected chi connectivity index (χ1v) is 9.09. The third-order valence-electron chi connectivity index (χ3n) is 3.96. The molecule has 0 fully saturated rings. The molecular formula is C20H18N2O4S. The number of benzene rings is 2. The molecule has 138 valence electrons. The smallest absolute Gasteiger partial charge is 0.270 e. The van der Waals surface area contributed by atoms with Gasteiger partial charge in [0.1, 0.15) is 12.4 Å². The molecular weight excluding hydrogens is 364 g/mol. The zero-order chi connectivity index (χ0) is 19.4. The lowest BCUT2D eigenvalue weighted by atomic mass is 10.1. The van der Waals surface area contributed by atoms with E-state index in [1.54, 1.807) is 32.3 Å². The van der Waals surface area contributed by atoms with E-state index in [4.69, 9.17) is 4.74 Å². The molecule has 0 aliphatic carbocycles. The predicted octanol–water partition coefficient (Wildman–Crippen LogP) is 4.60. The third kappa shape index (κ3) is 4.32. The number of carbonyl (C=O) groups is 1. The molecule has 3 rings (SSSR count). The molecule has 0 aliphatic heterocycles. The van der Waals surface area contributed by atoms with Gasteiger partial charge in [-0.15, -0.1) is 11.3 Å². The van der Waals surface area contributed by atoms with Crippen LogP contribution in [0.5, 0.6) is 5.75 Å². The van der Waals surface area contributed by atoms with Crippen molar-refractivity contribution in [1.82, 2.24) is 4.90 Å². The fraction of sp³-hybridized carbons (Fsp3) is 0.150. The van der Waals surface area contributed by atoms with Crippen LogP contribution >= 0.6 is 11.3 Å². The predicted molar refractivity (Wildman–Crippen MR) is 105 cm³/mol. The number of hydrogen-bond donors (Lipinski definition) is 0. The van der Waals surface area contributed by atoms with Crippen LogP contribution in [0.3, 0.4) is 0 Å². The molecule has 0 unspecified atom stereocenters. The molecule has 7 heteroatoms. The van der Waals surface area contributed by atoms with Crippen molar-refractivity contribution in [2.24, 2.45) is 0 Å². The Morgan fingerprint density at radius 1 is 1.15 bits per heavy atom. The molecule has 0 aliphatic rings. The quantitative estimate of drug-likeness (QED) is 0.461. The van der Waals surface area contributed by atoms with Gasteiger partial charge < -0.3 is 9.64 Å². The topological polar surface area (TPSA) is 72.7 Å². The fourth-order valence-electron chi connectivity index (χ4n) is 2.54. The number of nitrogens with zero attached hydrogens (tertiary/aromatic N) is 2. The van der Waals surface area contributed by atoms with E-state index >= 15 is 0 Å². The Labute approximate surface area is 160 Å². The van der Waals surface area contributed by atoms with Crippen LogP contribution in [0.15, 0.2) is 60.0 Å². The molecule has 0 saturated carbocycles. The molecule has 6 nitrogen and oxygen atoms in total. The molecule has 0 spiro atoms. The molecule has 2 aromatic carbocycles. The Kier molecular flexibility index (Phi) is 5.52. The van der Waals surface area contributed by atoms with E-state index in [-0.39, 0.29) is 11.6 Å². The van der Waals surface area contributed by atoms with Crippen LogP contribution in [0.4, 0.5) is 5.69 Å². The van der Waals surface area contributed by atoms with Gasteiger partial charge in [-0.2, -0.15) is 0 Å². The zero-order valence-electron chi connectivity index (χ0n) is 14.9. The number of hydrogen-bond acceptors (Lipinski definition) is 5. The van der Waals surface area contributed by atoms with Gasteiger partial charge in [0.05, 0.1) is 4.92 Å². The van der Waals surface area contributed by atoms with Gasteiger partial charge in [-0.05, 0) is 35.2 Å². The fourth-order valence-corrected chi connectivity index (χ4v) is 3.29. The number of rotatable bonds is 6. The molecule has 3 aromatic rings. The average Bonchev–Trinajstić information content (AvgIpc) is 3.20. The summed E-state index contributed by atoms with van der Waals surface area (Å²) in [4.78, 5) is 25.0. The van der Waals surface area contributed by atoms with Crippen molar-refractivity contribution < 1.29 is 14.5 Å². The zero-order valence-corrected chi connectivity index (χ0v) is 15.7. The lowest BCUT2D eigenvalue weighted by molar-refractivity contribution is -0.384. The lowest BCUT2D eigenvalue weighted by Crippen LogP contribution is -2.21. The van der Waals surface area contributed by atoms with E-state index < -0.39 is 4.92 Å². The first kappa shape index (κ1) is 18.6. The summed E-state index contributed by atoms with van der Waals surface area (Å²) in [6, 6.07) is 15.6. The summed E-state index contributed by atoms with van der Waals surface area (Å²) in [7, 11) is 3.42. The highest BCUT2D eigenvalue weighted by Crippen LogP contribution is 2.36. The molecule has 0 saturated heterocycles. The number of nitro groups is 1. The standard InChI is InChI=1S/C20H18N2O4S/c1-21(2)20(23)15-7-5-14(6-8-15)13-26-18-10-9-16(22(24)25)12-17(18)19-4-3-11-27-19/h3-12H,13H2,1-2H3. The summed E-state index contributed by atoms with van der Waals surface area (Å²) < 4.78 is 5.92. The normalized spacial score (nSPS) is 10.4. The van der Waals surface area contributed by atoms with Crippen LogP contribution in [-0.4, -0.2) is 29.8 Å². The molecule has 0 atom stereocenters. The Bertz CT molecular complexity index is 951. The minimum atomic E-state index is -0.415. The largest absolute Gasteiger partial charge is 0.488 e. The van der Waals surface area contributed by atoms with E-state index in [1.165, 1.54) is 28.4 Å². The summed E-state index contributed by atoms with van der Waals surface area (Å²) in [5.41, 5.74) is 2.23. The van der Waals surface area contributed by atoms with Crippen LogP contribution in [-0.2, 0) is 6.61 Å². The van der Waals surface area contributed by atoms with Crippen molar-refractivity contribution in [3.63, 3.8) is 0 Å². The maximum Gasteiger partial charge on any atom is 0.270 e. The van der Waals surface area contributed by atoms with Crippen molar-refractivity contribution in [3.8, 4) is 16.2 Å². The van der Waals surface area contributed by atoms with Crippen molar-refractivity contribution in [2.45, 2.75) is 6.61 Å². The van der Waals surface area contributed by atoms with Gasteiger partial charge in [-0.1, -0.05) is 18.2 Å². The van der Waals surface area contributed by atoms with Crippen LogP contribution in [0, 0.1) is 10.1 Å². The lowest BCUT2D eigenvalue weighted by Gasteiger charge is -2.12. The third-order valence-corrected chi connectivity index (χ3v) is 4.87. The van der Waals surface area contributed by atoms with Crippen LogP contribution in [0.1, 0.15) is 15.9 Å². The first-order chi connectivity index (χ1) is 13.0. The second-order valence-electron chi connectivity index (χ2n) is 6.10. The van der Waals surface area contributed by atoms with Crippen LogP contribution in [0.2, 0.25) is 0 Å². The molecule has 1 amide bonds. The number of nitro benzene ring substituents is 1. The molecule has 27 heavy (non-hydrogen) atoms. The van der Waals surface area contributed by atoms with E-state index in [0.717, 1.165) is 10.4 Å². The average molecular weight is 382 g/mol. The van der Waals surface area contributed by atoms with Gasteiger partial charge in [0.15, 0.2) is 0 Å². The maximum absolute atomic E-state index is 11.9. The summed E-state index contributed by atoms with van der Waals surface area (Å²) in [6.07, 6.45) is 0. The second kappa shape index (κ2) is 8.01. The first-order valence-electron chi connectivity index (χ1n) is 8.21. The monoisotopic (exact) mass is 382 g/mol. The van der Waals surface area contributed by atoms with Gasteiger partial charge in [-0.3, -0.25) is 14.9 Å². The Hall–Kier alpha value is -3.19. The molecule has 0 bridgehead atoms. The molecule has 1 aromatic heterocycles. The minimum absolute atomic E-state index is 0.0253. The molecule has 0 N–H and O–H groups in total. The summed E-state index contributed by atoms with van der Waals surface area (Å²) in [5.74, 6) is 0.523. The van der Waals surface area contributed by atoms with Gasteiger partial charge in [0.25, 0.3) is 11.6 Å². The Balaban J connectivity index is 1.80. The van der Waals surface area contributed by atoms with Crippen molar-refractivity contribution in [1.29, 1.82) is 0 Å². The van der Waals surface area contributed by atoms with Crippen molar-refractivity contribution in [2.75, 3.05) is 14.1 Å². The van der Waals surface area contributed by atoms with Gasteiger partial charge in [0, 0.05) is 42.2 Å². The molecule has 1 heterocycles. The Morgan fingerprint density at radius 2 is 1.89 bits per heavy atom. The van der Waals surface area contributed by atoms with Gasteiger partial charge >= 0.3 is 0 Å².